The van der Waals surface area contributed by atoms with Crippen molar-refractivity contribution in [2.24, 2.45) is 0 Å². The maximum Gasteiger partial charge on any atom is 0.337 e. The third kappa shape index (κ3) is 2.84. The highest BCUT2D eigenvalue weighted by Gasteiger charge is 2.22. The van der Waals surface area contributed by atoms with Gasteiger partial charge in [0.25, 0.3) is 0 Å². The van der Waals surface area contributed by atoms with E-state index >= 15 is 0 Å². The number of carbonyl (C=O) groups is 1. The van der Waals surface area contributed by atoms with E-state index in [-0.39, 0.29) is 0 Å². The van der Waals surface area contributed by atoms with Gasteiger partial charge in [0.05, 0.1) is 11.1 Å². The highest BCUT2D eigenvalue weighted by atomic mass is 16.4. The summed E-state index contributed by atoms with van der Waals surface area (Å²) in [6.07, 6.45) is 5.71. The minimum Gasteiger partial charge on any atom is -0.478 e. The Morgan fingerprint density at radius 1 is 1.04 bits per heavy atom. The third-order valence-electron chi connectivity index (χ3n) is 5.34. The summed E-state index contributed by atoms with van der Waals surface area (Å²) in [5, 5.41) is 10.8. The van der Waals surface area contributed by atoms with E-state index in [1.807, 2.05) is 6.07 Å². The van der Waals surface area contributed by atoms with Crippen LogP contribution in [0.1, 0.15) is 52.0 Å². The second-order valence-corrected chi connectivity index (χ2v) is 7.06. The van der Waals surface area contributed by atoms with Gasteiger partial charge >= 0.3 is 5.97 Å². The van der Waals surface area contributed by atoms with Crippen LogP contribution in [0.2, 0.25) is 0 Å². The molecule has 4 rings (SSSR count). The van der Waals surface area contributed by atoms with Crippen LogP contribution < -0.4 is 0 Å². The molecular formula is C22H23NO2. The van der Waals surface area contributed by atoms with Crippen molar-refractivity contribution in [3.05, 3.63) is 70.4 Å². The molecule has 128 valence electrons. The summed E-state index contributed by atoms with van der Waals surface area (Å²) in [6, 6.07) is 14.2. The predicted octanol–water partition coefficient (Wildman–Crippen LogP) is 4.97. The van der Waals surface area contributed by atoms with Gasteiger partial charge in [0.2, 0.25) is 0 Å². The molecule has 1 aliphatic carbocycles. The Morgan fingerprint density at radius 3 is 2.56 bits per heavy atom. The zero-order valence-electron chi connectivity index (χ0n) is 14.6. The number of nitrogens with zero attached hydrogens (tertiary/aromatic N) is 1. The third-order valence-corrected chi connectivity index (χ3v) is 5.34. The Balaban J connectivity index is 1.95. The summed E-state index contributed by atoms with van der Waals surface area (Å²) >= 11 is 0. The van der Waals surface area contributed by atoms with E-state index in [0.29, 0.717) is 5.56 Å². The molecule has 0 amide bonds. The lowest BCUT2D eigenvalue weighted by atomic mass is 10.0. The average molecular weight is 333 g/mol. The Kier molecular flexibility index (Phi) is 4.08. The minimum atomic E-state index is -0.844. The molecule has 0 spiro atoms. The number of para-hydroxylation sites is 1. The predicted molar refractivity (Wildman–Crippen MR) is 100 cm³/mol. The molecule has 0 saturated carbocycles. The van der Waals surface area contributed by atoms with E-state index < -0.39 is 5.97 Å². The molecule has 3 heteroatoms. The van der Waals surface area contributed by atoms with Crippen molar-refractivity contribution >= 4 is 16.9 Å². The summed E-state index contributed by atoms with van der Waals surface area (Å²) in [7, 11) is 0. The smallest absolute Gasteiger partial charge is 0.337 e. The molecule has 25 heavy (non-hydrogen) atoms. The zero-order valence-corrected chi connectivity index (χ0v) is 14.6. The molecule has 0 saturated heterocycles. The largest absolute Gasteiger partial charge is 0.478 e. The van der Waals surface area contributed by atoms with E-state index in [1.165, 1.54) is 41.6 Å². The fourth-order valence-corrected chi connectivity index (χ4v) is 4.09. The Morgan fingerprint density at radius 2 is 1.80 bits per heavy atom. The fourth-order valence-electron chi connectivity index (χ4n) is 4.09. The highest BCUT2D eigenvalue weighted by Crippen LogP contribution is 2.34. The van der Waals surface area contributed by atoms with Gasteiger partial charge in [-0.1, -0.05) is 48.4 Å². The molecule has 0 unspecified atom stereocenters. The molecule has 3 aromatic rings. The van der Waals surface area contributed by atoms with Gasteiger partial charge < -0.3 is 9.67 Å². The number of carboxylic acid groups (broad SMARTS) is 1. The van der Waals surface area contributed by atoms with E-state index in [9.17, 15) is 9.90 Å². The van der Waals surface area contributed by atoms with Crippen LogP contribution in [0.25, 0.3) is 10.9 Å². The molecular weight excluding hydrogens is 310 g/mol. The van der Waals surface area contributed by atoms with Crippen molar-refractivity contribution in [3.8, 4) is 0 Å². The van der Waals surface area contributed by atoms with Gasteiger partial charge in [-0.05, 0) is 49.8 Å². The molecule has 0 radical (unpaired) electrons. The number of aromatic nitrogens is 1. The number of aryl methyl sites for hydroxylation is 2. The van der Waals surface area contributed by atoms with Crippen molar-refractivity contribution in [3.63, 3.8) is 0 Å². The van der Waals surface area contributed by atoms with Crippen LogP contribution in [-0.2, 0) is 19.4 Å². The molecule has 1 N–H and O–H groups in total. The summed E-state index contributed by atoms with van der Waals surface area (Å²) in [5.74, 6) is -0.844. The van der Waals surface area contributed by atoms with E-state index in [0.717, 1.165) is 30.3 Å². The highest BCUT2D eigenvalue weighted by molar-refractivity contribution is 6.04. The maximum atomic E-state index is 11.8. The van der Waals surface area contributed by atoms with Gasteiger partial charge in [0.1, 0.15) is 0 Å². The van der Waals surface area contributed by atoms with Gasteiger partial charge in [-0.2, -0.15) is 0 Å². The van der Waals surface area contributed by atoms with Crippen molar-refractivity contribution in [2.45, 2.75) is 45.6 Å². The quantitative estimate of drug-likeness (QED) is 0.688. The second-order valence-electron chi connectivity index (χ2n) is 7.06. The van der Waals surface area contributed by atoms with E-state index in [4.69, 9.17) is 0 Å². The van der Waals surface area contributed by atoms with Gasteiger partial charge in [-0.25, -0.2) is 4.79 Å². The number of rotatable bonds is 3. The molecule has 0 bridgehead atoms. The zero-order chi connectivity index (χ0) is 17.4. The Hall–Kier alpha value is -2.55. The van der Waals surface area contributed by atoms with E-state index in [1.54, 1.807) is 6.07 Å². The van der Waals surface area contributed by atoms with Crippen molar-refractivity contribution in [1.29, 1.82) is 0 Å². The second kappa shape index (κ2) is 6.40. The van der Waals surface area contributed by atoms with Crippen molar-refractivity contribution in [1.82, 2.24) is 4.57 Å². The lowest BCUT2D eigenvalue weighted by molar-refractivity contribution is 0.0698. The van der Waals surface area contributed by atoms with Gasteiger partial charge in [-0.3, -0.25) is 0 Å². The molecule has 0 aliphatic heterocycles. The van der Waals surface area contributed by atoms with Gasteiger partial charge in [-0.15, -0.1) is 0 Å². The van der Waals surface area contributed by atoms with Crippen LogP contribution in [0.5, 0.6) is 0 Å². The summed E-state index contributed by atoms with van der Waals surface area (Å²) in [6.45, 7) is 2.82. The Labute approximate surface area is 147 Å². The van der Waals surface area contributed by atoms with Crippen LogP contribution in [0.15, 0.2) is 42.5 Å². The molecule has 0 fully saturated rings. The lowest BCUT2D eigenvalue weighted by Gasteiger charge is -2.13. The first-order valence-corrected chi connectivity index (χ1v) is 9.07. The topological polar surface area (TPSA) is 42.2 Å². The van der Waals surface area contributed by atoms with Crippen LogP contribution >= 0.6 is 0 Å². The molecule has 1 aromatic heterocycles. The first-order chi connectivity index (χ1) is 12.1. The van der Waals surface area contributed by atoms with Crippen molar-refractivity contribution < 1.29 is 9.90 Å². The number of benzene rings is 2. The maximum absolute atomic E-state index is 11.8. The van der Waals surface area contributed by atoms with Crippen LogP contribution in [0.3, 0.4) is 0 Å². The van der Waals surface area contributed by atoms with Crippen LogP contribution in [0.4, 0.5) is 0 Å². The summed E-state index contributed by atoms with van der Waals surface area (Å²) < 4.78 is 2.27. The van der Waals surface area contributed by atoms with Gasteiger partial charge in [0, 0.05) is 17.6 Å². The monoisotopic (exact) mass is 333 g/mol. The lowest BCUT2D eigenvalue weighted by Crippen LogP contribution is -2.08. The molecule has 2 aromatic carbocycles. The standard InChI is InChI=1S/C22H23NO2/c1-15-10-12-16(13-11-15)14-23-20-9-4-2-3-6-17(20)18-7-5-8-19(21(18)23)22(24)25/h5,7-8,10-13H,2-4,6,9,14H2,1H3,(H,24,25). The first kappa shape index (κ1) is 15.9. The summed E-state index contributed by atoms with van der Waals surface area (Å²) in [4.78, 5) is 11.8. The number of hydrogen-bond donors (Lipinski definition) is 1. The Bertz CT molecular complexity index is 935. The normalized spacial score (nSPS) is 14.3. The number of hydrogen-bond acceptors (Lipinski definition) is 1. The SMILES string of the molecule is Cc1ccc(Cn2c3c(c4cccc(C(=O)O)c42)CCCCC3)cc1. The minimum absolute atomic E-state index is 0.415. The van der Waals surface area contributed by atoms with Crippen LogP contribution in [-0.4, -0.2) is 15.6 Å². The molecule has 0 atom stereocenters. The average Bonchev–Trinajstić information content (AvgIpc) is 2.76. The number of fused-ring (bicyclic) bond motifs is 3. The molecule has 3 nitrogen and oxygen atoms in total. The number of carboxylic acids is 1. The van der Waals surface area contributed by atoms with E-state index in [2.05, 4.69) is 41.8 Å². The fraction of sp³-hybridized carbons (Fsp3) is 0.318. The first-order valence-electron chi connectivity index (χ1n) is 9.07. The van der Waals surface area contributed by atoms with Gasteiger partial charge in [0.15, 0.2) is 0 Å². The molecule has 1 aliphatic rings. The van der Waals surface area contributed by atoms with Crippen LogP contribution in [0, 0.1) is 6.92 Å². The summed E-state index contributed by atoms with van der Waals surface area (Å²) in [5.41, 5.74) is 6.46. The molecule has 1 heterocycles. The number of aromatic carboxylic acids is 1. The van der Waals surface area contributed by atoms with Crippen molar-refractivity contribution in [2.75, 3.05) is 0 Å².